The van der Waals surface area contributed by atoms with Gasteiger partial charge in [-0.25, -0.2) is 0 Å². The molecule has 0 saturated carbocycles. The van der Waals surface area contributed by atoms with Gasteiger partial charge in [0, 0.05) is 17.1 Å². The summed E-state index contributed by atoms with van der Waals surface area (Å²) in [5.74, 6) is -0.902. The number of rotatable bonds is 3. The summed E-state index contributed by atoms with van der Waals surface area (Å²) in [5, 5.41) is 12.2. The van der Waals surface area contributed by atoms with Gasteiger partial charge < -0.3 is 10.1 Å². The average Bonchev–Trinajstić information content (AvgIpc) is 2.60. The number of carboxylic acid groups (broad SMARTS) is 1. The third-order valence-electron chi connectivity index (χ3n) is 2.20. The highest BCUT2D eigenvalue weighted by atomic mass is 16.4. The number of hydrogen-bond acceptors (Lipinski definition) is 3. The molecule has 0 aliphatic heterocycles. The molecule has 0 aliphatic carbocycles. The lowest BCUT2D eigenvalue weighted by Crippen LogP contribution is -1.98. The Morgan fingerprint density at radius 3 is 2.93 bits per heavy atom. The van der Waals surface area contributed by atoms with E-state index in [1.165, 1.54) is 0 Å². The maximum Gasteiger partial charge on any atom is 0.307 e. The minimum Gasteiger partial charge on any atom is -0.481 e. The minimum absolute atomic E-state index is 0.0672. The Kier molecular flexibility index (Phi) is 2.21. The number of nitrogens with one attached hydrogen (secondary N) is 1. The van der Waals surface area contributed by atoms with E-state index in [1.54, 1.807) is 24.4 Å². The van der Waals surface area contributed by atoms with Crippen LogP contribution < -0.4 is 0 Å². The first-order valence-electron chi connectivity index (χ1n) is 4.36. The van der Waals surface area contributed by atoms with Gasteiger partial charge in [-0.05, 0) is 28.9 Å². The molecule has 2 aromatic rings. The molecule has 2 N–H and O–H groups in total. The molecule has 15 heavy (non-hydrogen) atoms. The SMILES string of the molecule is O=Nc1ccc2[nH]cc(CC(=O)O)c2c1. The van der Waals surface area contributed by atoms with Crippen LogP contribution >= 0.6 is 0 Å². The van der Waals surface area contributed by atoms with Crippen molar-refractivity contribution >= 4 is 22.6 Å². The number of hydrogen-bond donors (Lipinski definition) is 2. The molecule has 5 nitrogen and oxygen atoms in total. The van der Waals surface area contributed by atoms with Gasteiger partial charge in [-0.1, -0.05) is 0 Å². The quantitative estimate of drug-likeness (QED) is 0.751. The van der Waals surface area contributed by atoms with Crippen molar-refractivity contribution < 1.29 is 9.90 Å². The molecule has 0 atom stereocenters. The number of H-pyrrole nitrogens is 1. The monoisotopic (exact) mass is 204 g/mol. The molecule has 1 aromatic heterocycles. The van der Waals surface area contributed by atoms with E-state index >= 15 is 0 Å². The predicted octanol–water partition coefficient (Wildman–Crippen LogP) is 2.19. The van der Waals surface area contributed by atoms with Crippen molar-refractivity contribution in [1.82, 2.24) is 4.98 Å². The second kappa shape index (κ2) is 3.53. The molecular formula is C10H8N2O3. The predicted molar refractivity (Wildman–Crippen MR) is 55.1 cm³/mol. The Balaban J connectivity index is 2.55. The Morgan fingerprint density at radius 2 is 2.27 bits per heavy atom. The molecule has 2 rings (SSSR count). The Bertz CT molecular complexity index is 530. The second-order valence-electron chi connectivity index (χ2n) is 3.21. The van der Waals surface area contributed by atoms with Crippen LogP contribution in [0.2, 0.25) is 0 Å². The van der Waals surface area contributed by atoms with Gasteiger partial charge in [0.2, 0.25) is 0 Å². The lowest BCUT2D eigenvalue weighted by molar-refractivity contribution is -0.136. The molecule has 5 heteroatoms. The molecule has 0 fully saturated rings. The summed E-state index contributed by atoms with van der Waals surface area (Å²) >= 11 is 0. The highest BCUT2D eigenvalue weighted by Crippen LogP contribution is 2.24. The number of fused-ring (bicyclic) bond motifs is 1. The van der Waals surface area contributed by atoms with Crippen molar-refractivity contribution in [3.63, 3.8) is 0 Å². The largest absolute Gasteiger partial charge is 0.481 e. The van der Waals surface area contributed by atoms with Gasteiger partial charge in [-0.2, -0.15) is 0 Å². The molecular weight excluding hydrogens is 196 g/mol. The van der Waals surface area contributed by atoms with Crippen LogP contribution in [0.4, 0.5) is 5.69 Å². The van der Waals surface area contributed by atoms with E-state index in [2.05, 4.69) is 10.2 Å². The van der Waals surface area contributed by atoms with Crippen molar-refractivity contribution in [3.05, 3.63) is 34.9 Å². The summed E-state index contributed by atoms with van der Waals surface area (Å²) in [6, 6.07) is 4.87. The van der Waals surface area contributed by atoms with Crippen LogP contribution in [0.5, 0.6) is 0 Å². The number of aromatic nitrogens is 1. The summed E-state index contributed by atoms with van der Waals surface area (Å²) in [7, 11) is 0. The number of carbonyl (C=O) groups is 1. The first-order chi connectivity index (χ1) is 7.20. The van der Waals surface area contributed by atoms with Gasteiger partial charge in [-0.15, -0.1) is 4.91 Å². The number of aromatic amines is 1. The number of nitrogens with zero attached hydrogens (tertiary/aromatic N) is 1. The Hall–Kier alpha value is -2.17. The van der Waals surface area contributed by atoms with Gasteiger partial charge in [0.25, 0.3) is 0 Å². The number of carboxylic acids is 1. The van der Waals surface area contributed by atoms with Gasteiger partial charge >= 0.3 is 5.97 Å². The second-order valence-corrected chi connectivity index (χ2v) is 3.21. The maximum atomic E-state index is 10.6. The van der Waals surface area contributed by atoms with Crippen LogP contribution in [-0.4, -0.2) is 16.1 Å². The van der Waals surface area contributed by atoms with Crippen molar-refractivity contribution in [2.24, 2.45) is 5.18 Å². The molecule has 76 valence electrons. The molecule has 0 spiro atoms. The van der Waals surface area contributed by atoms with Crippen molar-refractivity contribution in [1.29, 1.82) is 0 Å². The van der Waals surface area contributed by atoms with E-state index < -0.39 is 5.97 Å². The van der Waals surface area contributed by atoms with Crippen LogP contribution in [0, 0.1) is 4.91 Å². The fourth-order valence-corrected chi connectivity index (χ4v) is 1.53. The van der Waals surface area contributed by atoms with E-state index in [1.807, 2.05) is 0 Å². The Morgan fingerprint density at radius 1 is 1.47 bits per heavy atom. The first kappa shape index (κ1) is 9.39. The minimum atomic E-state index is -0.902. The molecule has 1 aromatic carbocycles. The van der Waals surface area contributed by atoms with Crippen molar-refractivity contribution in [3.8, 4) is 0 Å². The van der Waals surface area contributed by atoms with E-state index in [0.717, 1.165) is 10.9 Å². The number of aliphatic carboxylic acids is 1. The van der Waals surface area contributed by atoms with Gasteiger partial charge in [-0.3, -0.25) is 4.79 Å². The fraction of sp³-hybridized carbons (Fsp3) is 0.100. The molecule has 0 amide bonds. The molecule has 1 heterocycles. The van der Waals surface area contributed by atoms with Crippen LogP contribution in [0.25, 0.3) is 10.9 Å². The van der Waals surface area contributed by atoms with E-state index in [0.29, 0.717) is 11.3 Å². The fourth-order valence-electron chi connectivity index (χ4n) is 1.53. The van der Waals surface area contributed by atoms with Crippen LogP contribution in [-0.2, 0) is 11.2 Å². The van der Waals surface area contributed by atoms with Crippen LogP contribution in [0.1, 0.15) is 5.56 Å². The highest BCUT2D eigenvalue weighted by molar-refractivity contribution is 5.88. The summed E-state index contributed by atoms with van der Waals surface area (Å²) in [5.41, 5.74) is 1.76. The molecule has 0 bridgehead atoms. The summed E-state index contributed by atoms with van der Waals surface area (Å²) in [6.45, 7) is 0. The maximum absolute atomic E-state index is 10.6. The van der Waals surface area contributed by atoms with Gasteiger partial charge in [0.15, 0.2) is 0 Å². The van der Waals surface area contributed by atoms with E-state index in [9.17, 15) is 9.70 Å². The lowest BCUT2D eigenvalue weighted by atomic mass is 10.1. The molecule has 0 unspecified atom stereocenters. The topological polar surface area (TPSA) is 82.5 Å². The van der Waals surface area contributed by atoms with Crippen LogP contribution in [0.15, 0.2) is 29.6 Å². The normalized spacial score (nSPS) is 10.4. The molecule has 0 saturated heterocycles. The van der Waals surface area contributed by atoms with Crippen molar-refractivity contribution in [2.75, 3.05) is 0 Å². The summed E-state index contributed by atoms with van der Waals surface area (Å²) in [4.78, 5) is 23.8. The smallest absolute Gasteiger partial charge is 0.307 e. The highest BCUT2D eigenvalue weighted by Gasteiger charge is 2.08. The summed E-state index contributed by atoms with van der Waals surface area (Å²) < 4.78 is 0. The first-order valence-corrected chi connectivity index (χ1v) is 4.36. The third kappa shape index (κ3) is 1.71. The van der Waals surface area contributed by atoms with Gasteiger partial charge in [0.05, 0.1) is 6.42 Å². The van der Waals surface area contributed by atoms with E-state index in [4.69, 9.17) is 5.11 Å². The average molecular weight is 204 g/mol. The number of benzene rings is 1. The zero-order valence-electron chi connectivity index (χ0n) is 7.73. The lowest BCUT2D eigenvalue weighted by Gasteiger charge is -1.94. The standard InChI is InChI=1S/C10H8N2O3/c13-10(14)3-6-5-11-9-2-1-7(12-15)4-8(6)9/h1-2,4-5,11H,3H2,(H,13,14). The zero-order chi connectivity index (χ0) is 10.8. The summed E-state index contributed by atoms with van der Waals surface area (Å²) in [6.07, 6.45) is 1.57. The number of nitroso groups, excluding NO2 is 1. The molecule has 0 aliphatic rings. The van der Waals surface area contributed by atoms with Crippen molar-refractivity contribution in [2.45, 2.75) is 6.42 Å². The third-order valence-corrected chi connectivity index (χ3v) is 2.20. The molecule has 0 radical (unpaired) electrons. The Labute approximate surface area is 84.7 Å². The van der Waals surface area contributed by atoms with E-state index in [-0.39, 0.29) is 6.42 Å². The van der Waals surface area contributed by atoms with Crippen LogP contribution in [0.3, 0.4) is 0 Å². The van der Waals surface area contributed by atoms with Gasteiger partial charge in [0.1, 0.15) is 5.69 Å². The zero-order valence-corrected chi connectivity index (χ0v) is 7.73.